The predicted molar refractivity (Wildman–Crippen MR) is 68.2 cm³/mol. The van der Waals surface area contributed by atoms with Crippen LogP contribution >= 0.6 is 11.6 Å². The first-order chi connectivity index (χ1) is 9.40. The van der Waals surface area contributed by atoms with Crippen molar-refractivity contribution in [1.82, 2.24) is 9.97 Å². The van der Waals surface area contributed by atoms with Crippen molar-refractivity contribution in [2.75, 3.05) is 7.11 Å². The van der Waals surface area contributed by atoms with E-state index in [4.69, 9.17) is 16.3 Å². The molecule has 20 heavy (non-hydrogen) atoms. The van der Waals surface area contributed by atoms with E-state index in [1.54, 1.807) is 0 Å². The molecule has 0 bridgehead atoms. The zero-order valence-electron chi connectivity index (χ0n) is 10.4. The van der Waals surface area contributed by atoms with Crippen LogP contribution in [0.2, 0.25) is 5.15 Å². The molecule has 0 amide bonds. The summed E-state index contributed by atoms with van der Waals surface area (Å²) < 4.78 is 43.0. The molecule has 0 aliphatic rings. The Hall–Kier alpha value is -1.66. The van der Waals surface area contributed by atoms with Crippen LogP contribution in [-0.4, -0.2) is 17.1 Å². The summed E-state index contributed by atoms with van der Waals surface area (Å²) in [7, 11) is 1.49. The Bertz CT molecular complexity index is 617. The van der Waals surface area contributed by atoms with Crippen LogP contribution in [0.5, 0.6) is 0 Å². The van der Waals surface area contributed by atoms with Crippen molar-refractivity contribution in [2.24, 2.45) is 0 Å². The minimum Gasteiger partial charge on any atom is -0.378 e. The Morgan fingerprint density at radius 3 is 2.60 bits per heavy atom. The Kier molecular flexibility index (Phi) is 4.25. The second-order valence-electron chi connectivity index (χ2n) is 4.02. The normalized spacial score (nSPS) is 11.7. The monoisotopic (exact) mass is 302 g/mol. The summed E-state index contributed by atoms with van der Waals surface area (Å²) in [5.74, 6) is 0.135. The smallest absolute Gasteiger partial charge is 0.378 e. The molecule has 0 N–H and O–H groups in total. The van der Waals surface area contributed by atoms with E-state index >= 15 is 0 Å². The van der Waals surface area contributed by atoms with Gasteiger partial charge in [-0.25, -0.2) is 9.97 Å². The summed E-state index contributed by atoms with van der Waals surface area (Å²) in [5.41, 5.74) is -0.00791. The molecule has 0 saturated carbocycles. The molecule has 1 heterocycles. The number of halogens is 4. The molecule has 0 fully saturated rings. The molecular formula is C13H10ClF3N2O. The lowest BCUT2D eigenvalue weighted by molar-refractivity contribution is -0.137. The Morgan fingerprint density at radius 1 is 1.20 bits per heavy atom. The summed E-state index contributed by atoms with van der Waals surface area (Å²) in [5, 5.41) is 0.152. The molecule has 2 aromatic rings. The topological polar surface area (TPSA) is 35.0 Å². The molecule has 0 saturated heterocycles. The molecular weight excluding hydrogens is 293 g/mol. The van der Waals surface area contributed by atoms with Gasteiger partial charge in [-0.2, -0.15) is 13.2 Å². The standard InChI is InChI=1S/C13H10ClF3N2O/c1-20-7-10-6-11(14)19-12(18-10)8-3-2-4-9(5-8)13(15,16)17/h2-6H,7H2,1H3. The Morgan fingerprint density at radius 2 is 1.95 bits per heavy atom. The van der Waals surface area contributed by atoms with E-state index in [-0.39, 0.29) is 23.1 Å². The molecule has 0 unspecified atom stereocenters. The third-order valence-electron chi connectivity index (χ3n) is 2.49. The second-order valence-corrected chi connectivity index (χ2v) is 4.40. The number of benzene rings is 1. The molecule has 2 rings (SSSR count). The van der Waals surface area contributed by atoms with E-state index in [0.717, 1.165) is 12.1 Å². The maximum atomic E-state index is 12.7. The fraction of sp³-hybridized carbons (Fsp3) is 0.231. The summed E-state index contributed by atoms with van der Waals surface area (Å²) in [6, 6.07) is 6.28. The van der Waals surface area contributed by atoms with E-state index in [1.807, 2.05) is 0 Å². The molecule has 0 spiro atoms. The first kappa shape index (κ1) is 14.7. The number of nitrogens with zero attached hydrogens (tertiary/aromatic N) is 2. The zero-order valence-corrected chi connectivity index (χ0v) is 11.2. The molecule has 0 atom stereocenters. The average Bonchev–Trinajstić information content (AvgIpc) is 2.37. The van der Waals surface area contributed by atoms with Gasteiger partial charge >= 0.3 is 6.18 Å². The quantitative estimate of drug-likeness (QED) is 0.805. The number of hydrogen-bond acceptors (Lipinski definition) is 3. The Balaban J connectivity index is 2.46. The molecule has 1 aromatic heterocycles. The minimum atomic E-state index is -4.41. The van der Waals surface area contributed by atoms with Crippen LogP contribution in [0.3, 0.4) is 0 Å². The largest absolute Gasteiger partial charge is 0.416 e. The van der Waals surface area contributed by atoms with E-state index in [9.17, 15) is 13.2 Å². The van der Waals surface area contributed by atoms with Crippen LogP contribution in [0.1, 0.15) is 11.3 Å². The van der Waals surface area contributed by atoms with E-state index in [2.05, 4.69) is 9.97 Å². The predicted octanol–water partition coefficient (Wildman–Crippen LogP) is 3.96. The van der Waals surface area contributed by atoms with Crippen LogP contribution in [0.25, 0.3) is 11.4 Å². The molecule has 0 aliphatic carbocycles. The lowest BCUT2D eigenvalue weighted by Crippen LogP contribution is -2.05. The summed E-state index contributed by atoms with van der Waals surface area (Å²) in [4.78, 5) is 8.07. The number of aromatic nitrogens is 2. The molecule has 1 aromatic carbocycles. The Labute approximate surface area is 118 Å². The van der Waals surface area contributed by atoms with Crippen LogP contribution in [0.4, 0.5) is 13.2 Å². The van der Waals surface area contributed by atoms with Gasteiger partial charge in [-0.1, -0.05) is 23.7 Å². The highest BCUT2D eigenvalue weighted by atomic mass is 35.5. The van der Waals surface area contributed by atoms with Crippen molar-refractivity contribution in [2.45, 2.75) is 12.8 Å². The van der Waals surface area contributed by atoms with Crippen LogP contribution in [0.15, 0.2) is 30.3 Å². The van der Waals surface area contributed by atoms with E-state index in [0.29, 0.717) is 5.69 Å². The van der Waals surface area contributed by atoms with Crippen molar-refractivity contribution in [1.29, 1.82) is 0 Å². The van der Waals surface area contributed by atoms with Crippen molar-refractivity contribution < 1.29 is 17.9 Å². The van der Waals surface area contributed by atoms with Gasteiger partial charge in [0.2, 0.25) is 0 Å². The maximum absolute atomic E-state index is 12.7. The molecule has 3 nitrogen and oxygen atoms in total. The second kappa shape index (κ2) is 5.76. The number of hydrogen-bond donors (Lipinski definition) is 0. The SMILES string of the molecule is COCc1cc(Cl)nc(-c2cccc(C(F)(F)F)c2)n1. The maximum Gasteiger partial charge on any atom is 0.416 e. The highest BCUT2D eigenvalue weighted by molar-refractivity contribution is 6.29. The van der Waals surface area contributed by atoms with Gasteiger partial charge < -0.3 is 4.74 Å². The number of alkyl halides is 3. The van der Waals surface area contributed by atoms with Gasteiger partial charge in [-0.05, 0) is 18.2 Å². The fourth-order valence-corrected chi connectivity index (χ4v) is 1.86. The molecule has 7 heteroatoms. The lowest BCUT2D eigenvalue weighted by Gasteiger charge is -2.09. The van der Waals surface area contributed by atoms with E-state index < -0.39 is 11.7 Å². The number of methoxy groups -OCH3 is 1. The molecule has 0 aliphatic heterocycles. The van der Waals surface area contributed by atoms with Crippen molar-refractivity contribution in [3.05, 3.63) is 46.7 Å². The van der Waals surface area contributed by atoms with Gasteiger partial charge in [0, 0.05) is 12.7 Å². The van der Waals surface area contributed by atoms with Gasteiger partial charge in [-0.15, -0.1) is 0 Å². The summed E-state index contributed by atoms with van der Waals surface area (Å²) in [6.07, 6.45) is -4.41. The number of rotatable bonds is 3. The van der Waals surface area contributed by atoms with Crippen LogP contribution in [-0.2, 0) is 17.5 Å². The van der Waals surface area contributed by atoms with Gasteiger partial charge in [0.15, 0.2) is 5.82 Å². The minimum absolute atomic E-state index is 0.135. The lowest BCUT2D eigenvalue weighted by atomic mass is 10.1. The van der Waals surface area contributed by atoms with E-state index in [1.165, 1.54) is 25.3 Å². The summed E-state index contributed by atoms with van der Waals surface area (Å²) >= 11 is 5.84. The third-order valence-corrected chi connectivity index (χ3v) is 2.68. The average molecular weight is 303 g/mol. The van der Waals surface area contributed by atoms with Gasteiger partial charge in [0.1, 0.15) is 5.15 Å². The fourth-order valence-electron chi connectivity index (χ4n) is 1.65. The highest BCUT2D eigenvalue weighted by Crippen LogP contribution is 2.31. The molecule has 106 valence electrons. The van der Waals surface area contributed by atoms with Crippen molar-refractivity contribution in [3.8, 4) is 11.4 Å². The van der Waals surface area contributed by atoms with Gasteiger partial charge in [0.25, 0.3) is 0 Å². The first-order valence-electron chi connectivity index (χ1n) is 5.60. The van der Waals surface area contributed by atoms with Crippen LogP contribution in [0, 0.1) is 0 Å². The van der Waals surface area contributed by atoms with Gasteiger partial charge in [0.05, 0.1) is 17.9 Å². The highest BCUT2D eigenvalue weighted by Gasteiger charge is 2.30. The zero-order chi connectivity index (χ0) is 14.8. The van der Waals surface area contributed by atoms with Crippen LogP contribution < -0.4 is 0 Å². The summed E-state index contributed by atoms with van der Waals surface area (Å²) in [6.45, 7) is 0.203. The first-order valence-corrected chi connectivity index (χ1v) is 5.98. The molecule has 0 radical (unpaired) electrons. The van der Waals surface area contributed by atoms with Gasteiger partial charge in [-0.3, -0.25) is 0 Å². The third kappa shape index (κ3) is 3.46. The van der Waals surface area contributed by atoms with Crippen molar-refractivity contribution in [3.63, 3.8) is 0 Å². The van der Waals surface area contributed by atoms with Crippen molar-refractivity contribution >= 4 is 11.6 Å². The number of ether oxygens (including phenoxy) is 1.